The van der Waals surface area contributed by atoms with E-state index in [4.69, 9.17) is 52.8 Å². The normalized spacial score (nSPS) is 14.1. The van der Waals surface area contributed by atoms with Crippen LogP contribution in [-0.2, 0) is 6.42 Å². The predicted molar refractivity (Wildman–Crippen MR) is 91.7 cm³/mol. The van der Waals surface area contributed by atoms with E-state index in [2.05, 4.69) is 5.43 Å². The SMILES string of the molecule is NC(=S)NN1C=CN(CCc2c(Cl)cccc2Cl)C(Cl)=C1. The van der Waals surface area contributed by atoms with Crippen molar-refractivity contribution in [3.05, 3.63) is 57.6 Å². The Morgan fingerprint density at radius 3 is 2.43 bits per heavy atom. The Balaban J connectivity index is 1.99. The highest BCUT2D eigenvalue weighted by Crippen LogP contribution is 2.26. The molecule has 0 aromatic heterocycles. The van der Waals surface area contributed by atoms with Crippen LogP contribution in [0.15, 0.2) is 42.0 Å². The third-order valence-corrected chi connectivity index (χ3v) is 3.95. The molecule has 21 heavy (non-hydrogen) atoms. The van der Waals surface area contributed by atoms with E-state index in [1.807, 2.05) is 29.3 Å². The molecule has 0 spiro atoms. The molecule has 0 radical (unpaired) electrons. The number of nitrogens with zero attached hydrogens (tertiary/aromatic N) is 2. The number of hydrogen-bond donors (Lipinski definition) is 2. The smallest absolute Gasteiger partial charge is 0.183 e. The summed E-state index contributed by atoms with van der Waals surface area (Å²) < 4.78 is 0. The van der Waals surface area contributed by atoms with Gasteiger partial charge in [0.05, 0.1) is 6.20 Å². The monoisotopic (exact) mass is 362 g/mol. The van der Waals surface area contributed by atoms with Gasteiger partial charge in [0.2, 0.25) is 0 Å². The van der Waals surface area contributed by atoms with Crippen LogP contribution in [-0.4, -0.2) is 21.6 Å². The van der Waals surface area contributed by atoms with Crippen LogP contribution in [0.2, 0.25) is 10.0 Å². The van der Waals surface area contributed by atoms with Gasteiger partial charge in [-0.05, 0) is 36.3 Å². The molecule has 4 nitrogen and oxygen atoms in total. The second kappa shape index (κ2) is 7.22. The summed E-state index contributed by atoms with van der Waals surface area (Å²) in [5.74, 6) is 0. The molecule has 0 bridgehead atoms. The number of rotatable bonds is 4. The van der Waals surface area contributed by atoms with Crippen molar-refractivity contribution >= 4 is 52.1 Å². The molecule has 8 heteroatoms. The molecule has 0 fully saturated rings. The number of hydrazine groups is 1. The van der Waals surface area contributed by atoms with Crippen LogP contribution in [0.1, 0.15) is 5.56 Å². The van der Waals surface area contributed by atoms with Gasteiger partial charge in [-0.15, -0.1) is 0 Å². The summed E-state index contributed by atoms with van der Waals surface area (Å²) >= 11 is 23.3. The lowest BCUT2D eigenvalue weighted by molar-refractivity contribution is 0.388. The van der Waals surface area contributed by atoms with E-state index < -0.39 is 0 Å². The highest BCUT2D eigenvalue weighted by Gasteiger charge is 2.13. The first-order valence-electron chi connectivity index (χ1n) is 6.07. The summed E-state index contributed by atoms with van der Waals surface area (Å²) in [5.41, 5.74) is 9.06. The minimum absolute atomic E-state index is 0.164. The molecule has 112 valence electrons. The van der Waals surface area contributed by atoms with Crippen LogP contribution in [0, 0.1) is 0 Å². The number of nitrogens with two attached hydrogens (primary N) is 1. The third kappa shape index (κ3) is 4.41. The van der Waals surface area contributed by atoms with Crippen molar-refractivity contribution in [2.75, 3.05) is 6.54 Å². The Kier molecular flexibility index (Phi) is 5.58. The van der Waals surface area contributed by atoms with E-state index in [0.29, 0.717) is 28.2 Å². The lowest BCUT2D eigenvalue weighted by atomic mass is 10.1. The van der Waals surface area contributed by atoms with Gasteiger partial charge >= 0.3 is 0 Å². The fraction of sp³-hybridized carbons (Fsp3) is 0.154. The summed E-state index contributed by atoms with van der Waals surface area (Å²) in [5, 5.41) is 3.59. The van der Waals surface area contributed by atoms with Gasteiger partial charge in [-0.2, -0.15) is 0 Å². The first-order valence-corrected chi connectivity index (χ1v) is 7.61. The van der Waals surface area contributed by atoms with E-state index in [1.54, 1.807) is 17.4 Å². The van der Waals surface area contributed by atoms with Crippen LogP contribution in [0.5, 0.6) is 0 Å². The van der Waals surface area contributed by atoms with Gasteiger partial charge in [-0.25, -0.2) is 0 Å². The molecular formula is C13H13Cl3N4S. The second-order valence-corrected chi connectivity index (χ2v) is 5.92. The van der Waals surface area contributed by atoms with Crippen LogP contribution < -0.4 is 11.2 Å². The van der Waals surface area contributed by atoms with Crippen molar-refractivity contribution in [2.45, 2.75) is 6.42 Å². The average Bonchev–Trinajstić information content (AvgIpc) is 2.39. The maximum atomic E-state index is 6.21. The summed E-state index contributed by atoms with van der Waals surface area (Å²) in [6, 6.07) is 5.46. The average molecular weight is 364 g/mol. The van der Waals surface area contributed by atoms with Gasteiger partial charge in [-0.1, -0.05) is 40.9 Å². The van der Waals surface area contributed by atoms with Gasteiger partial charge in [0.25, 0.3) is 0 Å². The molecule has 1 aliphatic rings. The van der Waals surface area contributed by atoms with Crippen molar-refractivity contribution < 1.29 is 0 Å². The Labute approximate surface area is 143 Å². The molecule has 2 rings (SSSR count). The molecule has 0 atom stereocenters. The highest BCUT2D eigenvalue weighted by atomic mass is 35.5. The largest absolute Gasteiger partial charge is 0.375 e. The molecule has 0 aliphatic carbocycles. The molecule has 3 N–H and O–H groups in total. The van der Waals surface area contributed by atoms with Gasteiger partial charge < -0.3 is 10.6 Å². The minimum atomic E-state index is 0.164. The zero-order valence-electron chi connectivity index (χ0n) is 10.9. The van der Waals surface area contributed by atoms with Crippen molar-refractivity contribution in [1.82, 2.24) is 15.3 Å². The molecule has 0 amide bonds. The fourth-order valence-electron chi connectivity index (χ4n) is 1.84. The van der Waals surface area contributed by atoms with Crippen LogP contribution in [0.4, 0.5) is 0 Å². The number of benzene rings is 1. The third-order valence-electron chi connectivity index (χ3n) is 2.83. The van der Waals surface area contributed by atoms with Crippen LogP contribution >= 0.6 is 47.0 Å². The standard InChI is InChI=1S/C13H13Cl3N4S/c14-10-2-1-3-11(15)9(10)4-5-19-6-7-20(8-12(19)16)18-13(17)21/h1-3,6-8H,4-5H2,(H3,17,18,21). The maximum absolute atomic E-state index is 6.21. The van der Waals surface area contributed by atoms with Gasteiger partial charge in [-0.3, -0.25) is 10.4 Å². The van der Waals surface area contributed by atoms with E-state index in [1.165, 1.54) is 0 Å². The summed E-state index contributed by atoms with van der Waals surface area (Å²) in [7, 11) is 0. The topological polar surface area (TPSA) is 44.5 Å². The molecule has 0 saturated carbocycles. The Hall–Kier alpha value is -1.14. The Bertz CT molecular complexity index is 583. The summed E-state index contributed by atoms with van der Waals surface area (Å²) in [6.45, 7) is 0.649. The molecule has 0 unspecified atom stereocenters. The fourth-order valence-corrected chi connectivity index (χ4v) is 2.77. The lowest BCUT2D eigenvalue weighted by Gasteiger charge is -2.28. The Morgan fingerprint density at radius 1 is 1.19 bits per heavy atom. The van der Waals surface area contributed by atoms with Crippen molar-refractivity contribution in [3.63, 3.8) is 0 Å². The molecular weight excluding hydrogens is 351 g/mol. The van der Waals surface area contributed by atoms with Crippen molar-refractivity contribution in [3.8, 4) is 0 Å². The predicted octanol–water partition coefficient (Wildman–Crippen LogP) is 3.41. The molecule has 1 aromatic rings. The van der Waals surface area contributed by atoms with E-state index in [9.17, 15) is 0 Å². The molecule has 1 aromatic carbocycles. The number of thiocarbonyl (C=S) groups is 1. The minimum Gasteiger partial charge on any atom is -0.375 e. The van der Waals surface area contributed by atoms with E-state index in [-0.39, 0.29) is 5.11 Å². The first-order chi connectivity index (χ1) is 9.97. The zero-order chi connectivity index (χ0) is 15.4. The Morgan fingerprint density at radius 2 is 1.86 bits per heavy atom. The second-order valence-electron chi connectivity index (χ2n) is 4.28. The quantitative estimate of drug-likeness (QED) is 0.634. The van der Waals surface area contributed by atoms with Crippen molar-refractivity contribution in [2.24, 2.45) is 5.73 Å². The van der Waals surface area contributed by atoms with Gasteiger partial charge in [0.1, 0.15) is 5.16 Å². The maximum Gasteiger partial charge on any atom is 0.183 e. The number of nitrogens with one attached hydrogen (secondary N) is 1. The number of hydrogen-bond acceptors (Lipinski definition) is 3. The van der Waals surface area contributed by atoms with Crippen LogP contribution in [0.25, 0.3) is 0 Å². The first kappa shape index (κ1) is 16.2. The van der Waals surface area contributed by atoms with Gasteiger partial charge in [0, 0.05) is 29.0 Å². The zero-order valence-corrected chi connectivity index (χ0v) is 14.0. The lowest BCUT2D eigenvalue weighted by Crippen LogP contribution is -2.40. The summed E-state index contributed by atoms with van der Waals surface area (Å²) in [6.07, 6.45) is 5.93. The number of halogens is 3. The van der Waals surface area contributed by atoms with Crippen molar-refractivity contribution in [1.29, 1.82) is 0 Å². The van der Waals surface area contributed by atoms with Crippen LogP contribution in [0.3, 0.4) is 0 Å². The molecule has 1 heterocycles. The highest BCUT2D eigenvalue weighted by molar-refractivity contribution is 7.80. The van der Waals surface area contributed by atoms with Gasteiger partial charge in [0.15, 0.2) is 5.11 Å². The van der Waals surface area contributed by atoms with E-state index >= 15 is 0 Å². The van der Waals surface area contributed by atoms with E-state index in [0.717, 1.165) is 5.56 Å². The summed E-state index contributed by atoms with van der Waals surface area (Å²) in [4.78, 5) is 1.87. The molecule has 0 saturated heterocycles. The molecule has 1 aliphatic heterocycles.